The van der Waals surface area contributed by atoms with Gasteiger partial charge in [0.15, 0.2) is 6.29 Å². The summed E-state index contributed by atoms with van der Waals surface area (Å²) in [6.45, 7) is 9.81. The predicted molar refractivity (Wildman–Crippen MR) is 147 cm³/mol. The lowest BCUT2D eigenvalue weighted by atomic mass is 9.94. The first kappa shape index (κ1) is 27.3. The maximum Gasteiger partial charge on any atom is 0.253 e. The van der Waals surface area contributed by atoms with Crippen molar-refractivity contribution in [1.29, 1.82) is 0 Å². The highest BCUT2D eigenvalue weighted by Gasteiger charge is 2.25. The van der Waals surface area contributed by atoms with Crippen LogP contribution in [0.1, 0.15) is 62.9 Å². The number of ether oxygens (including phenoxy) is 1. The van der Waals surface area contributed by atoms with Gasteiger partial charge >= 0.3 is 0 Å². The molecule has 1 fully saturated rings. The molecular formula is C30H34FN3O4. The summed E-state index contributed by atoms with van der Waals surface area (Å²) in [5.41, 5.74) is 5.21. The van der Waals surface area contributed by atoms with Crippen LogP contribution in [0, 0.1) is 26.6 Å². The molecule has 0 atom stereocenters. The van der Waals surface area contributed by atoms with Crippen molar-refractivity contribution in [2.24, 2.45) is 0 Å². The molecule has 8 heteroatoms. The molecule has 0 saturated carbocycles. The van der Waals surface area contributed by atoms with Gasteiger partial charge in [-0.15, -0.1) is 0 Å². The van der Waals surface area contributed by atoms with E-state index in [4.69, 9.17) is 4.74 Å². The van der Waals surface area contributed by atoms with Crippen molar-refractivity contribution < 1.29 is 18.7 Å². The van der Waals surface area contributed by atoms with E-state index >= 15 is 0 Å². The Morgan fingerprint density at radius 3 is 2.50 bits per heavy atom. The Morgan fingerprint density at radius 1 is 1.13 bits per heavy atom. The van der Waals surface area contributed by atoms with Gasteiger partial charge in [0, 0.05) is 54.9 Å². The molecule has 2 aromatic carbocycles. The minimum Gasteiger partial charge on any atom is -0.381 e. The Kier molecular flexibility index (Phi) is 8.42. The minimum atomic E-state index is -0.614. The third kappa shape index (κ3) is 5.70. The van der Waals surface area contributed by atoms with E-state index in [1.165, 1.54) is 12.1 Å². The van der Waals surface area contributed by atoms with Gasteiger partial charge in [-0.05, 0) is 93.1 Å². The second-order valence-electron chi connectivity index (χ2n) is 9.78. The van der Waals surface area contributed by atoms with Crippen LogP contribution in [0.3, 0.4) is 0 Å². The summed E-state index contributed by atoms with van der Waals surface area (Å²) in [5, 5.41) is 2.91. The number of carbonyl (C=O) groups is 2. The van der Waals surface area contributed by atoms with E-state index in [9.17, 15) is 18.8 Å². The fourth-order valence-corrected chi connectivity index (χ4v) is 5.19. The minimum absolute atomic E-state index is 0.0184. The number of nitrogens with zero attached hydrogens (tertiary/aromatic N) is 1. The molecule has 1 amide bonds. The van der Waals surface area contributed by atoms with Crippen LogP contribution >= 0.6 is 0 Å². The highest BCUT2D eigenvalue weighted by atomic mass is 19.1. The molecule has 2 heterocycles. The van der Waals surface area contributed by atoms with Crippen LogP contribution in [0.25, 0.3) is 11.1 Å². The molecule has 0 aliphatic carbocycles. The summed E-state index contributed by atoms with van der Waals surface area (Å²) in [5.74, 6) is -0.936. The average Bonchev–Trinajstić information content (AvgIpc) is 2.89. The van der Waals surface area contributed by atoms with E-state index in [0.29, 0.717) is 41.8 Å². The van der Waals surface area contributed by atoms with Gasteiger partial charge in [-0.2, -0.15) is 0 Å². The lowest BCUT2D eigenvalue weighted by Gasteiger charge is -2.37. The molecular weight excluding hydrogens is 485 g/mol. The van der Waals surface area contributed by atoms with E-state index in [1.54, 1.807) is 12.1 Å². The number of amides is 1. The Bertz CT molecular complexity index is 1410. The SMILES string of the molecule is CCN(c1cc(-c2ccc(C=O)c(F)c2)cc(C(=O)NCc2c(C)cc(C)[nH]c2=O)c1C)C1CCOCC1. The molecule has 1 saturated heterocycles. The van der Waals surface area contributed by atoms with Crippen LogP contribution in [0.4, 0.5) is 10.1 Å². The number of aldehydes is 1. The van der Waals surface area contributed by atoms with Crippen LogP contribution < -0.4 is 15.8 Å². The van der Waals surface area contributed by atoms with E-state index in [2.05, 4.69) is 22.1 Å². The zero-order valence-corrected chi connectivity index (χ0v) is 22.3. The van der Waals surface area contributed by atoms with Gasteiger partial charge in [0.1, 0.15) is 5.82 Å². The quantitative estimate of drug-likeness (QED) is 0.415. The van der Waals surface area contributed by atoms with Crippen LogP contribution in [0.2, 0.25) is 0 Å². The van der Waals surface area contributed by atoms with Crippen LogP contribution in [-0.4, -0.2) is 43.0 Å². The number of aromatic nitrogens is 1. The number of aryl methyl sites for hydroxylation is 2. The smallest absolute Gasteiger partial charge is 0.253 e. The molecule has 1 aliphatic rings. The van der Waals surface area contributed by atoms with Gasteiger partial charge in [-0.3, -0.25) is 14.4 Å². The first-order valence-corrected chi connectivity index (χ1v) is 12.9. The zero-order chi connectivity index (χ0) is 27.4. The maximum atomic E-state index is 14.5. The van der Waals surface area contributed by atoms with Crippen molar-refractivity contribution in [2.45, 2.75) is 53.1 Å². The van der Waals surface area contributed by atoms with E-state index in [-0.39, 0.29) is 29.6 Å². The number of hydrogen-bond donors (Lipinski definition) is 2. The Labute approximate surface area is 222 Å². The molecule has 3 aromatic rings. The Balaban J connectivity index is 1.76. The van der Waals surface area contributed by atoms with Gasteiger partial charge < -0.3 is 19.9 Å². The van der Waals surface area contributed by atoms with Crippen molar-refractivity contribution in [1.82, 2.24) is 10.3 Å². The summed E-state index contributed by atoms with van der Waals surface area (Å²) in [7, 11) is 0. The van der Waals surface area contributed by atoms with Crippen LogP contribution in [0.15, 0.2) is 41.2 Å². The second kappa shape index (κ2) is 11.7. The number of anilines is 1. The molecule has 2 N–H and O–H groups in total. The van der Waals surface area contributed by atoms with Crippen LogP contribution in [0.5, 0.6) is 0 Å². The summed E-state index contributed by atoms with van der Waals surface area (Å²) in [4.78, 5) is 42.2. The topological polar surface area (TPSA) is 91.5 Å². The van der Waals surface area contributed by atoms with Crippen LogP contribution in [-0.2, 0) is 11.3 Å². The number of hydrogen-bond acceptors (Lipinski definition) is 5. The van der Waals surface area contributed by atoms with E-state index in [1.807, 2.05) is 32.9 Å². The lowest BCUT2D eigenvalue weighted by molar-refractivity contribution is 0.0846. The second-order valence-corrected chi connectivity index (χ2v) is 9.78. The number of halogens is 1. The number of H-pyrrole nitrogens is 1. The summed E-state index contributed by atoms with van der Waals surface area (Å²) >= 11 is 0. The average molecular weight is 520 g/mol. The van der Waals surface area contributed by atoms with Crippen molar-refractivity contribution in [3.63, 3.8) is 0 Å². The number of pyridine rings is 1. The van der Waals surface area contributed by atoms with Crippen molar-refractivity contribution in [2.75, 3.05) is 24.7 Å². The molecule has 0 unspecified atom stereocenters. The van der Waals surface area contributed by atoms with Gasteiger partial charge in [0.05, 0.1) is 5.56 Å². The van der Waals surface area contributed by atoms with E-state index in [0.717, 1.165) is 41.9 Å². The molecule has 0 spiro atoms. The fourth-order valence-electron chi connectivity index (χ4n) is 5.19. The zero-order valence-electron chi connectivity index (χ0n) is 22.3. The monoisotopic (exact) mass is 519 g/mol. The predicted octanol–water partition coefficient (Wildman–Crippen LogP) is 4.85. The summed E-state index contributed by atoms with van der Waals surface area (Å²) in [6.07, 6.45) is 2.23. The van der Waals surface area contributed by atoms with Gasteiger partial charge in [0.2, 0.25) is 0 Å². The maximum absolute atomic E-state index is 14.5. The summed E-state index contributed by atoms with van der Waals surface area (Å²) in [6, 6.07) is 10.3. The van der Waals surface area contributed by atoms with Gasteiger partial charge in [-0.1, -0.05) is 6.07 Å². The number of nitrogens with one attached hydrogen (secondary N) is 2. The molecule has 0 bridgehead atoms. The van der Waals surface area contributed by atoms with Crippen molar-refractivity contribution in [3.8, 4) is 11.1 Å². The lowest BCUT2D eigenvalue weighted by Crippen LogP contribution is -2.40. The third-order valence-electron chi connectivity index (χ3n) is 7.29. The molecule has 38 heavy (non-hydrogen) atoms. The highest BCUT2D eigenvalue weighted by Crippen LogP contribution is 2.34. The van der Waals surface area contributed by atoms with Gasteiger partial charge in [0.25, 0.3) is 11.5 Å². The molecule has 1 aliphatic heterocycles. The molecule has 0 radical (unpaired) electrons. The number of carbonyl (C=O) groups excluding carboxylic acids is 2. The number of benzene rings is 2. The van der Waals surface area contributed by atoms with Gasteiger partial charge in [-0.25, -0.2) is 4.39 Å². The fraction of sp³-hybridized carbons (Fsp3) is 0.367. The first-order valence-electron chi connectivity index (χ1n) is 12.9. The normalized spacial score (nSPS) is 13.8. The van der Waals surface area contributed by atoms with Crippen molar-refractivity contribution >= 4 is 17.9 Å². The van der Waals surface area contributed by atoms with E-state index < -0.39 is 5.82 Å². The first-order chi connectivity index (χ1) is 18.2. The summed E-state index contributed by atoms with van der Waals surface area (Å²) < 4.78 is 20.1. The Hall–Kier alpha value is -3.78. The number of aromatic amines is 1. The highest BCUT2D eigenvalue weighted by molar-refractivity contribution is 5.99. The standard InChI is InChI=1S/C30H34FN3O4/c1-5-34(24-8-10-38-11-9-24)28-15-23(21-6-7-22(17-35)27(31)14-21)13-25(20(28)4)29(36)32-16-26-18(2)12-19(3)33-30(26)37/h6-7,12-15,17,24H,5,8-11,16H2,1-4H3,(H,32,36)(H,33,37). The van der Waals surface area contributed by atoms with Crippen molar-refractivity contribution in [3.05, 3.63) is 86.1 Å². The molecule has 200 valence electrons. The third-order valence-corrected chi connectivity index (χ3v) is 7.29. The molecule has 7 nitrogen and oxygen atoms in total. The molecule has 1 aromatic heterocycles. The number of rotatable bonds is 8. The largest absolute Gasteiger partial charge is 0.381 e. The molecule has 4 rings (SSSR count). The Morgan fingerprint density at radius 2 is 1.87 bits per heavy atom.